The first kappa shape index (κ1) is 17.5. The van der Waals surface area contributed by atoms with E-state index in [9.17, 15) is 14.4 Å². The van der Waals surface area contributed by atoms with E-state index >= 15 is 0 Å². The molecule has 26 heavy (non-hydrogen) atoms. The summed E-state index contributed by atoms with van der Waals surface area (Å²) >= 11 is 0. The van der Waals surface area contributed by atoms with Crippen molar-refractivity contribution in [3.05, 3.63) is 59.7 Å². The van der Waals surface area contributed by atoms with Gasteiger partial charge in [-0.3, -0.25) is 14.5 Å². The van der Waals surface area contributed by atoms with Crippen molar-refractivity contribution in [2.75, 3.05) is 19.0 Å². The highest BCUT2D eigenvalue weighted by molar-refractivity contribution is 6.01. The number of methoxy groups -OCH3 is 1. The number of rotatable bonds is 6. The van der Waals surface area contributed by atoms with Crippen LogP contribution in [0.5, 0.6) is 5.75 Å². The van der Waals surface area contributed by atoms with Gasteiger partial charge in [-0.15, -0.1) is 0 Å². The molecule has 7 heteroatoms. The highest BCUT2D eigenvalue weighted by atomic mass is 16.5. The van der Waals surface area contributed by atoms with Crippen LogP contribution < -0.4 is 15.4 Å². The molecule has 3 rings (SSSR count). The van der Waals surface area contributed by atoms with Crippen LogP contribution in [-0.2, 0) is 22.6 Å². The van der Waals surface area contributed by atoms with Gasteiger partial charge in [0, 0.05) is 11.3 Å². The molecule has 2 aromatic rings. The third kappa shape index (κ3) is 4.00. The normalized spacial score (nSPS) is 13.5. The van der Waals surface area contributed by atoms with Crippen molar-refractivity contribution < 1.29 is 19.1 Å². The Morgan fingerprint density at radius 2 is 2.00 bits per heavy atom. The van der Waals surface area contributed by atoms with E-state index in [1.54, 1.807) is 37.4 Å². The Labute approximate surface area is 150 Å². The summed E-state index contributed by atoms with van der Waals surface area (Å²) in [5.41, 5.74) is 2.16. The van der Waals surface area contributed by atoms with Crippen LogP contribution in [0.2, 0.25) is 0 Å². The number of hydrogen-bond donors (Lipinski definition) is 2. The number of anilines is 1. The Hall–Kier alpha value is -3.35. The molecule has 0 bridgehead atoms. The maximum absolute atomic E-state index is 12.3. The molecule has 2 N–H and O–H groups in total. The Bertz CT molecular complexity index is 834. The maximum atomic E-state index is 12.3. The zero-order chi connectivity index (χ0) is 18.5. The molecule has 1 aliphatic rings. The topological polar surface area (TPSA) is 87.7 Å². The number of nitrogens with zero attached hydrogens (tertiary/aromatic N) is 1. The van der Waals surface area contributed by atoms with Gasteiger partial charge in [-0.1, -0.05) is 30.3 Å². The quantitative estimate of drug-likeness (QED) is 0.777. The number of ether oxygens (including phenoxy) is 1. The fourth-order valence-electron chi connectivity index (χ4n) is 2.77. The van der Waals surface area contributed by atoms with Gasteiger partial charge in [0.25, 0.3) is 0 Å². The number of nitrogens with one attached hydrogen (secondary N) is 2. The standard InChI is InChI=1S/C19H19N3O4/c1-26-16-8-3-2-6-14(16)10-17(23)21-15-7-4-5-13(9-15)12-22-18(24)11-20-19(22)25/h2-9H,10-12H2,1H3,(H,20,25)(H,21,23). The van der Waals surface area contributed by atoms with Crippen molar-refractivity contribution in [3.63, 3.8) is 0 Å². The summed E-state index contributed by atoms with van der Waals surface area (Å²) in [5, 5.41) is 5.31. The van der Waals surface area contributed by atoms with E-state index in [1.807, 2.05) is 18.2 Å². The van der Waals surface area contributed by atoms with Crippen molar-refractivity contribution in [1.82, 2.24) is 10.2 Å². The Balaban J connectivity index is 1.65. The lowest BCUT2D eigenvalue weighted by molar-refractivity contribution is -0.125. The fraction of sp³-hybridized carbons (Fsp3) is 0.211. The van der Waals surface area contributed by atoms with Gasteiger partial charge in [0.1, 0.15) is 5.75 Å². The molecule has 1 saturated heterocycles. The molecule has 0 unspecified atom stereocenters. The molecule has 0 atom stereocenters. The molecular formula is C19H19N3O4. The Morgan fingerprint density at radius 1 is 1.19 bits per heavy atom. The lowest BCUT2D eigenvalue weighted by Crippen LogP contribution is -2.30. The predicted molar refractivity (Wildman–Crippen MR) is 95.7 cm³/mol. The molecule has 0 saturated carbocycles. The van der Waals surface area contributed by atoms with E-state index in [2.05, 4.69) is 10.6 Å². The monoisotopic (exact) mass is 353 g/mol. The Morgan fingerprint density at radius 3 is 2.73 bits per heavy atom. The predicted octanol–water partition coefficient (Wildman–Crippen LogP) is 1.93. The van der Waals surface area contributed by atoms with Crippen LogP contribution in [0.15, 0.2) is 48.5 Å². The second kappa shape index (κ2) is 7.69. The highest BCUT2D eigenvalue weighted by Gasteiger charge is 2.28. The molecule has 0 aliphatic carbocycles. The van der Waals surface area contributed by atoms with Crippen LogP contribution in [0, 0.1) is 0 Å². The number of carbonyl (C=O) groups is 3. The number of carbonyl (C=O) groups excluding carboxylic acids is 3. The first-order valence-electron chi connectivity index (χ1n) is 8.15. The van der Waals surface area contributed by atoms with Crippen LogP contribution in [0.1, 0.15) is 11.1 Å². The van der Waals surface area contributed by atoms with E-state index < -0.39 is 6.03 Å². The average Bonchev–Trinajstić information content (AvgIpc) is 2.94. The van der Waals surface area contributed by atoms with Crippen LogP contribution >= 0.6 is 0 Å². The second-order valence-corrected chi connectivity index (χ2v) is 5.88. The summed E-state index contributed by atoms with van der Waals surface area (Å²) in [6, 6.07) is 14.0. The maximum Gasteiger partial charge on any atom is 0.324 e. The van der Waals surface area contributed by atoms with Crippen molar-refractivity contribution >= 4 is 23.5 Å². The summed E-state index contributed by atoms with van der Waals surface area (Å²) in [6.07, 6.45) is 0.182. The van der Waals surface area contributed by atoms with Crippen LogP contribution in [0.4, 0.5) is 10.5 Å². The first-order valence-corrected chi connectivity index (χ1v) is 8.15. The molecule has 0 radical (unpaired) electrons. The average molecular weight is 353 g/mol. The molecule has 4 amide bonds. The van der Waals surface area contributed by atoms with Gasteiger partial charge in [-0.05, 0) is 23.8 Å². The first-order chi connectivity index (χ1) is 12.6. The van der Waals surface area contributed by atoms with Crippen molar-refractivity contribution in [3.8, 4) is 5.75 Å². The fourth-order valence-corrected chi connectivity index (χ4v) is 2.77. The number of amides is 4. The molecule has 1 fully saturated rings. The third-order valence-electron chi connectivity index (χ3n) is 4.03. The summed E-state index contributed by atoms with van der Waals surface area (Å²) in [5.74, 6) is 0.220. The summed E-state index contributed by atoms with van der Waals surface area (Å²) < 4.78 is 5.25. The van der Waals surface area contributed by atoms with E-state index in [0.29, 0.717) is 11.4 Å². The molecule has 0 spiro atoms. The zero-order valence-electron chi connectivity index (χ0n) is 14.3. The minimum atomic E-state index is -0.402. The van der Waals surface area contributed by atoms with E-state index in [-0.39, 0.29) is 31.3 Å². The number of para-hydroxylation sites is 1. The summed E-state index contributed by atoms with van der Waals surface area (Å²) in [4.78, 5) is 36.8. The highest BCUT2D eigenvalue weighted by Crippen LogP contribution is 2.19. The Kier molecular flexibility index (Phi) is 5.17. The van der Waals surface area contributed by atoms with Gasteiger partial charge in [-0.25, -0.2) is 4.79 Å². The van der Waals surface area contributed by atoms with Gasteiger partial charge in [0.05, 0.1) is 26.6 Å². The number of imide groups is 1. The number of benzene rings is 2. The smallest absolute Gasteiger partial charge is 0.324 e. The van der Waals surface area contributed by atoms with E-state index in [4.69, 9.17) is 4.74 Å². The number of urea groups is 1. The van der Waals surface area contributed by atoms with E-state index in [1.165, 1.54) is 0 Å². The van der Waals surface area contributed by atoms with Gasteiger partial charge in [0.15, 0.2) is 0 Å². The summed E-state index contributed by atoms with van der Waals surface area (Å²) in [7, 11) is 1.57. The van der Waals surface area contributed by atoms with Gasteiger partial charge >= 0.3 is 6.03 Å². The van der Waals surface area contributed by atoms with Crippen LogP contribution in [0.3, 0.4) is 0 Å². The molecule has 7 nitrogen and oxygen atoms in total. The number of hydrogen-bond acceptors (Lipinski definition) is 4. The second-order valence-electron chi connectivity index (χ2n) is 5.88. The minimum absolute atomic E-state index is 0.0220. The van der Waals surface area contributed by atoms with Crippen LogP contribution in [-0.4, -0.2) is 36.4 Å². The zero-order valence-corrected chi connectivity index (χ0v) is 14.3. The lowest BCUT2D eigenvalue weighted by Gasteiger charge is -2.13. The van der Waals surface area contributed by atoms with Crippen molar-refractivity contribution in [1.29, 1.82) is 0 Å². The lowest BCUT2D eigenvalue weighted by atomic mass is 10.1. The minimum Gasteiger partial charge on any atom is -0.496 e. The third-order valence-corrected chi connectivity index (χ3v) is 4.03. The molecule has 2 aromatic carbocycles. The SMILES string of the molecule is COc1ccccc1CC(=O)Nc1cccc(CN2C(=O)CNC2=O)c1. The largest absolute Gasteiger partial charge is 0.496 e. The molecule has 0 aromatic heterocycles. The van der Waals surface area contributed by atoms with Crippen LogP contribution in [0.25, 0.3) is 0 Å². The molecular weight excluding hydrogens is 334 g/mol. The van der Waals surface area contributed by atoms with E-state index in [0.717, 1.165) is 16.0 Å². The van der Waals surface area contributed by atoms with Crippen molar-refractivity contribution in [2.24, 2.45) is 0 Å². The van der Waals surface area contributed by atoms with Crippen molar-refractivity contribution in [2.45, 2.75) is 13.0 Å². The van der Waals surface area contributed by atoms with Gasteiger partial charge < -0.3 is 15.4 Å². The van der Waals surface area contributed by atoms with Gasteiger partial charge in [-0.2, -0.15) is 0 Å². The van der Waals surface area contributed by atoms with Gasteiger partial charge in [0.2, 0.25) is 11.8 Å². The molecule has 1 heterocycles. The molecule has 134 valence electrons. The molecule has 1 aliphatic heterocycles. The summed E-state index contributed by atoms with van der Waals surface area (Å²) in [6.45, 7) is 0.190.